The number of rotatable bonds is 4. The van der Waals surface area contributed by atoms with Crippen molar-refractivity contribution in [3.8, 4) is 0 Å². The van der Waals surface area contributed by atoms with E-state index in [4.69, 9.17) is 4.74 Å². The van der Waals surface area contributed by atoms with E-state index in [0.717, 1.165) is 25.0 Å². The molecule has 0 saturated carbocycles. The molecule has 3 aliphatic rings. The average Bonchev–Trinajstić information content (AvgIpc) is 3.22. The van der Waals surface area contributed by atoms with Crippen molar-refractivity contribution in [2.24, 2.45) is 11.8 Å². The Balaban J connectivity index is 1.36. The highest BCUT2D eigenvalue weighted by molar-refractivity contribution is 7.09. The Bertz CT molecular complexity index is 444. The lowest BCUT2D eigenvalue weighted by molar-refractivity contribution is 0.0486. The maximum Gasteiger partial charge on any atom is 0.0745 e. The molecular weight excluding hydrogens is 280 g/mol. The Morgan fingerprint density at radius 2 is 2.10 bits per heavy atom. The number of hydrogen-bond acceptors (Lipinski definition) is 4. The molecule has 4 heteroatoms. The van der Waals surface area contributed by atoms with Crippen LogP contribution in [-0.4, -0.2) is 55.2 Å². The number of nitrogens with zero attached hydrogens (tertiary/aromatic N) is 2. The first-order valence-electron chi connectivity index (χ1n) is 8.47. The van der Waals surface area contributed by atoms with Gasteiger partial charge in [0.25, 0.3) is 0 Å². The molecule has 4 rings (SSSR count). The van der Waals surface area contributed by atoms with E-state index in [-0.39, 0.29) is 0 Å². The van der Waals surface area contributed by atoms with Crippen LogP contribution in [0.25, 0.3) is 0 Å². The van der Waals surface area contributed by atoms with Crippen LogP contribution in [0.15, 0.2) is 17.5 Å². The summed E-state index contributed by atoms with van der Waals surface area (Å²) in [6.07, 6.45) is 4.57. The molecule has 0 aliphatic carbocycles. The van der Waals surface area contributed by atoms with Crippen LogP contribution >= 0.6 is 11.3 Å². The molecule has 3 atom stereocenters. The molecule has 21 heavy (non-hydrogen) atoms. The molecule has 3 aliphatic heterocycles. The Kier molecular flexibility index (Phi) is 4.30. The second-order valence-corrected chi connectivity index (χ2v) is 7.94. The van der Waals surface area contributed by atoms with Gasteiger partial charge in [-0.3, -0.25) is 4.90 Å². The standard InChI is InChI=1S/C17H26N2OS/c1-2-7-18(6-1)12-17-16-11-19(8-5-14(16)13-20-17)10-15-4-3-9-21-15/h3-4,9,14,16-17H,1-2,5-8,10-13H2/t14-,16-,17+/m1/s1. The summed E-state index contributed by atoms with van der Waals surface area (Å²) in [5.74, 6) is 1.58. The number of hydrogen-bond donors (Lipinski definition) is 0. The van der Waals surface area contributed by atoms with Gasteiger partial charge >= 0.3 is 0 Å². The minimum absolute atomic E-state index is 0.485. The van der Waals surface area contributed by atoms with Gasteiger partial charge in [-0.1, -0.05) is 6.07 Å². The molecule has 0 unspecified atom stereocenters. The lowest BCUT2D eigenvalue weighted by Crippen LogP contribution is -2.44. The normalized spacial score (nSPS) is 34.4. The van der Waals surface area contributed by atoms with E-state index >= 15 is 0 Å². The van der Waals surface area contributed by atoms with Crippen molar-refractivity contribution in [2.75, 3.05) is 39.3 Å². The lowest BCUT2D eigenvalue weighted by atomic mass is 9.84. The first-order chi connectivity index (χ1) is 10.4. The van der Waals surface area contributed by atoms with Crippen LogP contribution < -0.4 is 0 Å². The van der Waals surface area contributed by atoms with Gasteiger partial charge in [0.05, 0.1) is 12.7 Å². The highest BCUT2D eigenvalue weighted by Gasteiger charge is 2.41. The van der Waals surface area contributed by atoms with Gasteiger partial charge in [0.2, 0.25) is 0 Å². The fraction of sp³-hybridized carbons (Fsp3) is 0.765. The van der Waals surface area contributed by atoms with Crippen molar-refractivity contribution < 1.29 is 4.74 Å². The van der Waals surface area contributed by atoms with Crippen LogP contribution in [0.2, 0.25) is 0 Å². The fourth-order valence-electron chi connectivity index (χ4n) is 4.27. The predicted molar refractivity (Wildman–Crippen MR) is 86.6 cm³/mol. The highest BCUT2D eigenvalue weighted by Crippen LogP contribution is 2.35. The van der Waals surface area contributed by atoms with Crippen molar-refractivity contribution in [3.05, 3.63) is 22.4 Å². The van der Waals surface area contributed by atoms with Crippen molar-refractivity contribution >= 4 is 11.3 Å². The third-order valence-electron chi connectivity index (χ3n) is 5.49. The molecular formula is C17H26N2OS. The van der Waals surface area contributed by atoms with Gasteiger partial charge in [-0.15, -0.1) is 11.3 Å². The monoisotopic (exact) mass is 306 g/mol. The molecule has 3 nitrogen and oxygen atoms in total. The fourth-order valence-corrected chi connectivity index (χ4v) is 5.02. The van der Waals surface area contributed by atoms with E-state index in [1.807, 2.05) is 11.3 Å². The van der Waals surface area contributed by atoms with Crippen LogP contribution in [0.5, 0.6) is 0 Å². The summed E-state index contributed by atoms with van der Waals surface area (Å²) >= 11 is 1.89. The average molecular weight is 306 g/mol. The first kappa shape index (κ1) is 14.2. The van der Waals surface area contributed by atoms with E-state index in [1.54, 1.807) is 0 Å². The molecule has 3 saturated heterocycles. The summed E-state index contributed by atoms with van der Waals surface area (Å²) in [6, 6.07) is 4.44. The zero-order valence-corrected chi connectivity index (χ0v) is 13.6. The second kappa shape index (κ2) is 6.37. The van der Waals surface area contributed by atoms with Gasteiger partial charge < -0.3 is 9.64 Å². The third kappa shape index (κ3) is 3.19. The number of thiophene rings is 1. The zero-order chi connectivity index (χ0) is 14.1. The molecule has 0 spiro atoms. The van der Waals surface area contributed by atoms with Gasteiger partial charge in [0.15, 0.2) is 0 Å². The van der Waals surface area contributed by atoms with E-state index < -0.39 is 0 Å². The van der Waals surface area contributed by atoms with E-state index in [0.29, 0.717) is 6.10 Å². The largest absolute Gasteiger partial charge is 0.376 e. The maximum absolute atomic E-state index is 6.18. The van der Waals surface area contributed by atoms with Gasteiger partial charge in [0.1, 0.15) is 0 Å². The van der Waals surface area contributed by atoms with E-state index in [9.17, 15) is 0 Å². The number of ether oxygens (including phenoxy) is 1. The number of fused-ring (bicyclic) bond motifs is 1. The van der Waals surface area contributed by atoms with E-state index in [1.165, 1.54) is 56.9 Å². The quantitative estimate of drug-likeness (QED) is 0.850. The minimum Gasteiger partial charge on any atom is -0.376 e. The molecule has 0 amide bonds. The van der Waals surface area contributed by atoms with Gasteiger partial charge in [-0.05, 0) is 56.3 Å². The molecule has 0 aromatic carbocycles. The Hall–Kier alpha value is -0.420. The van der Waals surface area contributed by atoms with Crippen LogP contribution in [0.3, 0.4) is 0 Å². The summed E-state index contributed by atoms with van der Waals surface area (Å²) in [4.78, 5) is 6.77. The zero-order valence-electron chi connectivity index (χ0n) is 12.7. The van der Waals surface area contributed by atoms with E-state index in [2.05, 4.69) is 27.3 Å². The van der Waals surface area contributed by atoms with Crippen LogP contribution in [0, 0.1) is 11.8 Å². The van der Waals surface area contributed by atoms with Gasteiger partial charge in [-0.2, -0.15) is 0 Å². The topological polar surface area (TPSA) is 15.7 Å². The van der Waals surface area contributed by atoms with Crippen LogP contribution in [-0.2, 0) is 11.3 Å². The van der Waals surface area contributed by atoms with Crippen molar-refractivity contribution in [1.82, 2.24) is 9.80 Å². The predicted octanol–water partition coefficient (Wildman–Crippen LogP) is 2.68. The maximum atomic E-state index is 6.18. The Labute approximate surface area is 131 Å². The molecule has 1 aromatic rings. The number of piperidine rings is 1. The summed E-state index contributed by atoms with van der Waals surface area (Å²) in [5.41, 5.74) is 0. The third-order valence-corrected chi connectivity index (χ3v) is 6.35. The lowest BCUT2D eigenvalue weighted by Gasteiger charge is -2.36. The van der Waals surface area contributed by atoms with Crippen molar-refractivity contribution in [1.29, 1.82) is 0 Å². The second-order valence-electron chi connectivity index (χ2n) is 6.91. The summed E-state index contributed by atoms with van der Waals surface area (Å²) in [5, 5.41) is 2.19. The number of likely N-dealkylation sites (tertiary alicyclic amines) is 2. The first-order valence-corrected chi connectivity index (χ1v) is 9.35. The SMILES string of the molecule is c1csc(CN2CC[C@@H]3CO[C@@H](CN4CCCC4)[C@@H]3C2)c1. The van der Waals surface area contributed by atoms with Gasteiger partial charge in [0, 0.05) is 30.4 Å². The molecule has 116 valence electrons. The summed E-state index contributed by atoms with van der Waals surface area (Å²) < 4.78 is 6.18. The van der Waals surface area contributed by atoms with Crippen LogP contribution in [0.4, 0.5) is 0 Å². The van der Waals surface area contributed by atoms with Crippen molar-refractivity contribution in [3.63, 3.8) is 0 Å². The van der Waals surface area contributed by atoms with Crippen molar-refractivity contribution in [2.45, 2.75) is 31.9 Å². The summed E-state index contributed by atoms with van der Waals surface area (Å²) in [6.45, 7) is 8.38. The molecule has 0 bridgehead atoms. The Morgan fingerprint density at radius 3 is 2.90 bits per heavy atom. The molecule has 3 fully saturated rings. The Morgan fingerprint density at radius 1 is 1.19 bits per heavy atom. The molecule has 0 N–H and O–H groups in total. The molecule has 4 heterocycles. The molecule has 1 aromatic heterocycles. The highest BCUT2D eigenvalue weighted by atomic mass is 32.1. The molecule has 0 radical (unpaired) electrons. The smallest absolute Gasteiger partial charge is 0.0745 e. The minimum atomic E-state index is 0.485. The van der Waals surface area contributed by atoms with Crippen LogP contribution in [0.1, 0.15) is 24.1 Å². The van der Waals surface area contributed by atoms with Gasteiger partial charge in [-0.25, -0.2) is 0 Å². The summed E-state index contributed by atoms with van der Waals surface area (Å²) in [7, 11) is 0.